The van der Waals surface area contributed by atoms with E-state index in [1.165, 1.54) is 12.1 Å². The van der Waals surface area contributed by atoms with Crippen molar-refractivity contribution in [2.45, 2.75) is 0 Å². The summed E-state index contributed by atoms with van der Waals surface area (Å²) in [6, 6.07) is 24.8. The zero-order valence-corrected chi connectivity index (χ0v) is 20.3. The Hall–Kier alpha value is -5.22. The van der Waals surface area contributed by atoms with Gasteiger partial charge in [-0.1, -0.05) is 54.6 Å². The molecule has 1 amide bonds. The zero-order chi connectivity index (χ0) is 27.1. The molecule has 0 saturated heterocycles. The molecule has 4 N–H and O–H groups in total. The summed E-state index contributed by atoms with van der Waals surface area (Å²) in [7, 11) is 0. The lowest BCUT2D eigenvalue weighted by Crippen LogP contribution is -2.99. The Morgan fingerprint density at radius 2 is 1.59 bits per heavy atom. The summed E-state index contributed by atoms with van der Waals surface area (Å²) in [5.74, 6) is -0.733. The number of aromatic amines is 1. The number of rotatable bonds is 5. The van der Waals surface area contributed by atoms with Crippen molar-refractivity contribution in [2.24, 2.45) is 0 Å². The van der Waals surface area contributed by atoms with Crippen LogP contribution < -0.4 is 10.5 Å². The molecule has 0 fully saturated rings. The van der Waals surface area contributed by atoms with Crippen LogP contribution in [0.5, 0.6) is 0 Å². The normalized spacial score (nSPS) is 13.6. The second kappa shape index (κ2) is 9.58. The SMILES string of the molecule is O=C(N/C(=C\c1cccc([NH+]([O-])O)c1)c1nc2c3c(ccc2[nH]1)C(=O)c1ccccc1C3=O)c1ccccc1. The van der Waals surface area contributed by atoms with Crippen LogP contribution in [0.4, 0.5) is 5.69 Å². The number of imidazole rings is 1. The molecule has 9 nitrogen and oxygen atoms in total. The van der Waals surface area contributed by atoms with Crippen LogP contribution in [-0.2, 0) is 0 Å². The molecule has 190 valence electrons. The number of hydrogen-bond acceptors (Lipinski definition) is 6. The van der Waals surface area contributed by atoms with Crippen molar-refractivity contribution in [1.82, 2.24) is 15.3 Å². The lowest BCUT2D eigenvalue weighted by molar-refractivity contribution is -0.991. The van der Waals surface area contributed by atoms with Crippen LogP contribution >= 0.6 is 0 Å². The van der Waals surface area contributed by atoms with Gasteiger partial charge in [0.1, 0.15) is 5.52 Å². The third-order valence-corrected chi connectivity index (χ3v) is 6.53. The zero-order valence-electron chi connectivity index (χ0n) is 20.3. The minimum Gasteiger partial charge on any atom is -0.595 e. The van der Waals surface area contributed by atoms with Gasteiger partial charge in [0.15, 0.2) is 23.1 Å². The van der Waals surface area contributed by atoms with E-state index in [-0.39, 0.29) is 39.9 Å². The molecule has 0 saturated carbocycles. The van der Waals surface area contributed by atoms with E-state index in [1.807, 2.05) is 0 Å². The van der Waals surface area contributed by atoms with Crippen LogP contribution in [0.2, 0.25) is 0 Å². The summed E-state index contributed by atoms with van der Waals surface area (Å²) in [5.41, 5.74) is 3.18. The fourth-order valence-electron chi connectivity index (χ4n) is 4.66. The molecule has 4 aromatic carbocycles. The topological polar surface area (TPSA) is 140 Å². The van der Waals surface area contributed by atoms with Crippen molar-refractivity contribution in [3.8, 4) is 0 Å². The first-order chi connectivity index (χ1) is 18.9. The number of nitrogens with zero attached hydrogens (tertiary/aromatic N) is 1. The first-order valence-electron chi connectivity index (χ1n) is 12.0. The number of H-pyrrole nitrogens is 1. The summed E-state index contributed by atoms with van der Waals surface area (Å²) in [4.78, 5) is 47.5. The Morgan fingerprint density at radius 3 is 2.33 bits per heavy atom. The van der Waals surface area contributed by atoms with Crippen molar-refractivity contribution >= 4 is 46.0 Å². The van der Waals surface area contributed by atoms with Crippen LogP contribution in [0, 0.1) is 5.21 Å². The van der Waals surface area contributed by atoms with E-state index >= 15 is 0 Å². The molecule has 1 aromatic heterocycles. The summed E-state index contributed by atoms with van der Waals surface area (Å²) < 4.78 is 0. The lowest BCUT2D eigenvalue weighted by atomic mass is 9.83. The van der Waals surface area contributed by atoms with Gasteiger partial charge < -0.3 is 15.5 Å². The van der Waals surface area contributed by atoms with E-state index in [4.69, 9.17) is 0 Å². The summed E-state index contributed by atoms with van der Waals surface area (Å²) >= 11 is 0. The van der Waals surface area contributed by atoms with E-state index in [0.29, 0.717) is 33.3 Å². The van der Waals surface area contributed by atoms with Crippen LogP contribution in [0.3, 0.4) is 0 Å². The van der Waals surface area contributed by atoms with Gasteiger partial charge in [0.2, 0.25) is 0 Å². The fourth-order valence-corrected chi connectivity index (χ4v) is 4.66. The van der Waals surface area contributed by atoms with Crippen molar-refractivity contribution < 1.29 is 24.8 Å². The van der Waals surface area contributed by atoms with Gasteiger partial charge in [0.25, 0.3) is 5.91 Å². The molecule has 1 heterocycles. The molecule has 1 atom stereocenters. The van der Waals surface area contributed by atoms with Gasteiger partial charge in [-0.05, 0) is 35.9 Å². The lowest BCUT2D eigenvalue weighted by Gasteiger charge is -2.17. The molecule has 9 heteroatoms. The number of carbonyl (C=O) groups is 3. The van der Waals surface area contributed by atoms with E-state index < -0.39 is 11.1 Å². The highest BCUT2D eigenvalue weighted by Gasteiger charge is 2.32. The van der Waals surface area contributed by atoms with E-state index in [9.17, 15) is 24.8 Å². The number of hydrogen-bond donors (Lipinski definition) is 4. The monoisotopic (exact) mass is 516 g/mol. The van der Waals surface area contributed by atoms with E-state index in [2.05, 4.69) is 15.3 Å². The first kappa shape index (κ1) is 24.1. The molecule has 5 aromatic rings. The number of nitrogens with one attached hydrogen (secondary N) is 3. The smallest absolute Gasteiger partial charge is 0.255 e. The summed E-state index contributed by atoms with van der Waals surface area (Å²) in [5, 5.41) is 22.7. The Labute approximate surface area is 221 Å². The minimum absolute atomic E-state index is 0.0823. The van der Waals surface area contributed by atoms with Gasteiger partial charge in [0.05, 0.1) is 16.8 Å². The quantitative estimate of drug-likeness (QED) is 0.258. The van der Waals surface area contributed by atoms with Crippen LogP contribution in [0.25, 0.3) is 22.8 Å². The third kappa shape index (κ3) is 4.32. The van der Waals surface area contributed by atoms with Gasteiger partial charge in [-0.25, -0.2) is 10.2 Å². The number of benzene rings is 4. The third-order valence-electron chi connectivity index (χ3n) is 6.53. The molecule has 0 spiro atoms. The Bertz CT molecular complexity index is 1820. The number of aromatic nitrogens is 2. The molecule has 0 radical (unpaired) electrons. The molecule has 6 rings (SSSR count). The fraction of sp³-hybridized carbons (Fsp3) is 0. The predicted molar refractivity (Wildman–Crippen MR) is 143 cm³/mol. The summed E-state index contributed by atoms with van der Waals surface area (Å²) in [6.45, 7) is 0. The van der Waals surface area contributed by atoms with E-state index in [0.717, 1.165) is 0 Å². The number of ketones is 2. The Balaban J connectivity index is 1.49. The number of quaternary nitrogens is 1. The molecule has 0 bridgehead atoms. The maximum atomic E-state index is 13.5. The molecule has 1 aliphatic carbocycles. The minimum atomic E-state index is -1.08. The van der Waals surface area contributed by atoms with Crippen LogP contribution in [-0.4, -0.2) is 32.6 Å². The van der Waals surface area contributed by atoms with Crippen LogP contribution in [0.1, 0.15) is 53.6 Å². The molecular weight excluding hydrogens is 496 g/mol. The first-order valence-corrected chi connectivity index (χ1v) is 12.0. The number of fused-ring (bicyclic) bond motifs is 4. The average Bonchev–Trinajstić information content (AvgIpc) is 3.40. The van der Waals surface area contributed by atoms with Gasteiger partial charge in [-0.3, -0.25) is 14.4 Å². The molecular formula is C30H20N4O5. The van der Waals surface area contributed by atoms with Crippen LogP contribution in [0.15, 0.2) is 91.0 Å². The molecule has 1 aliphatic rings. The highest BCUT2D eigenvalue weighted by molar-refractivity contribution is 6.31. The van der Waals surface area contributed by atoms with Crippen molar-refractivity contribution in [3.63, 3.8) is 0 Å². The predicted octanol–water partition coefficient (Wildman–Crippen LogP) is 3.67. The van der Waals surface area contributed by atoms with Crippen molar-refractivity contribution in [1.29, 1.82) is 0 Å². The van der Waals surface area contributed by atoms with Crippen molar-refractivity contribution in [3.05, 3.63) is 135 Å². The largest absolute Gasteiger partial charge is 0.595 e. The van der Waals surface area contributed by atoms with Gasteiger partial charge in [0, 0.05) is 34.4 Å². The number of carbonyl (C=O) groups excluding carboxylic acids is 3. The maximum Gasteiger partial charge on any atom is 0.255 e. The highest BCUT2D eigenvalue weighted by Crippen LogP contribution is 2.32. The second-order valence-electron chi connectivity index (χ2n) is 8.98. The molecule has 39 heavy (non-hydrogen) atoms. The van der Waals surface area contributed by atoms with Gasteiger partial charge >= 0.3 is 0 Å². The van der Waals surface area contributed by atoms with E-state index in [1.54, 1.807) is 84.9 Å². The molecule has 0 aliphatic heterocycles. The second-order valence-corrected chi connectivity index (χ2v) is 8.98. The highest BCUT2D eigenvalue weighted by atomic mass is 16.8. The van der Waals surface area contributed by atoms with Gasteiger partial charge in [-0.2, -0.15) is 5.23 Å². The summed E-state index contributed by atoms with van der Waals surface area (Å²) in [6.07, 6.45) is 1.60. The average molecular weight is 517 g/mol. The van der Waals surface area contributed by atoms with Crippen molar-refractivity contribution in [2.75, 3.05) is 0 Å². The molecule has 1 unspecified atom stereocenters. The van der Waals surface area contributed by atoms with Gasteiger partial charge in [-0.15, -0.1) is 0 Å². The Kier molecular flexibility index (Phi) is 5.93. The standard InChI is InChI=1S/C30H20N4O5/c35-27-20-11-4-5-12-21(20)28(36)25-22(27)13-14-23-26(25)33-29(31-23)24(32-30(37)18-8-2-1-3-9-18)16-17-7-6-10-19(15-17)34(38)39/h1-16,34,38H,(H,31,33)(H,32,37)/b24-16-. The Morgan fingerprint density at radius 1 is 0.872 bits per heavy atom. The maximum absolute atomic E-state index is 13.5. The number of amides is 1.